The van der Waals surface area contributed by atoms with E-state index >= 15 is 0 Å². The van der Waals surface area contributed by atoms with E-state index < -0.39 is 0 Å². The van der Waals surface area contributed by atoms with E-state index in [-0.39, 0.29) is 16.9 Å². The molecule has 1 atom stereocenters. The summed E-state index contributed by atoms with van der Waals surface area (Å²) in [5.41, 5.74) is 1.30. The molecule has 1 fully saturated rings. The van der Waals surface area contributed by atoms with Crippen molar-refractivity contribution >= 4 is 34.3 Å². The van der Waals surface area contributed by atoms with Crippen molar-refractivity contribution in [2.75, 3.05) is 0 Å². The molecule has 1 aromatic carbocycles. The average Bonchev–Trinajstić information content (AvgIpc) is 2.58. The molecule has 0 aliphatic carbocycles. The normalized spacial score (nSPS) is 21.6. The first-order chi connectivity index (χ1) is 8.06. The highest BCUT2D eigenvalue weighted by atomic mass is 32.2. The van der Waals surface area contributed by atoms with Crippen molar-refractivity contribution in [3.63, 3.8) is 0 Å². The Morgan fingerprint density at radius 3 is 2.82 bits per heavy atom. The van der Waals surface area contributed by atoms with Crippen LogP contribution in [-0.4, -0.2) is 22.1 Å². The summed E-state index contributed by atoms with van der Waals surface area (Å²) in [7, 11) is 0. The minimum Gasteiger partial charge on any atom is -0.304 e. The summed E-state index contributed by atoms with van der Waals surface area (Å²) < 4.78 is 0. The summed E-state index contributed by atoms with van der Waals surface area (Å²) >= 11 is 1.39. The number of nitrogens with zero attached hydrogens (tertiary/aromatic N) is 1. The van der Waals surface area contributed by atoms with Gasteiger partial charge in [-0.3, -0.25) is 9.59 Å². The molecule has 2 rings (SSSR count). The van der Waals surface area contributed by atoms with Crippen molar-refractivity contribution in [3.8, 4) is 0 Å². The van der Waals surface area contributed by atoms with Gasteiger partial charge in [-0.15, -0.1) is 0 Å². The van der Waals surface area contributed by atoms with E-state index in [1.807, 2.05) is 6.92 Å². The van der Waals surface area contributed by atoms with Crippen LogP contribution in [0.1, 0.15) is 24.2 Å². The lowest BCUT2D eigenvalue weighted by molar-refractivity contribution is -0.118. The highest BCUT2D eigenvalue weighted by molar-refractivity contribution is 8.15. The number of rotatable bonds is 2. The summed E-state index contributed by atoms with van der Waals surface area (Å²) in [6, 6.07) is 7.04. The Balaban J connectivity index is 2.24. The molecule has 1 aliphatic rings. The van der Waals surface area contributed by atoms with Gasteiger partial charge in [-0.25, -0.2) is 4.99 Å². The second-order valence-corrected chi connectivity index (χ2v) is 5.10. The number of benzene rings is 1. The molecule has 0 saturated carbocycles. The van der Waals surface area contributed by atoms with Crippen molar-refractivity contribution in [3.05, 3.63) is 29.8 Å². The molecule has 0 aromatic heterocycles. The Bertz CT molecular complexity index is 511. The molecule has 1 heterocycles. The van der Waals surface area contributed by atoms with Crippen molar-refractivity contribution in [1.82, 2.24) is 5.32 Å². The number of thioether (sulfide) groups is 1. The summed E-state index contributed by atoms with van der Waals surface area (Å²) in [6.45, 7) is 3.34. The molecule has 0 spiro atoms. The number of Topliss-reactive ketones (excluding diaryl/α,β-unsaturated/α-hetero) is 1. The molecule has 5 heteroatoms. The lowest BCUT2D eigenvalue weighted by atomic mass is 10.1. The van der Waals surface area contributed by atoms with E-state index in [1.54, 1.807) is 24.3 Å². The Labute approximate surface area is 104 Å². The molecule has 1 aromatic rings. The zero-order chi connectivity index (χ0) is 12.4. The monoisotopic (exact) mass is 248 g/mol. The van der Waals surface area contributed by atoms with Gasteiger partial charge in [0.15, 0.2) is 11.0 Å². The molecule has 1 saturated heterocycles. The molecule has 17 heavy (non-hydrogen) atoms. The van der Waals surface area contributed by atoms with E-state index in [0.29, 0.717) is 16.4 Å². The zero-order valence-electron chi connectivity index (χ0n) is 9.56. The molecule has 0 radical (unpaired) electrons. The highest BCUT2D eigenvalue weighted by Gasteiger charge is 2.25. The first-order valence-corrected chi connectivity index (χ1v) is 6.11. The largest absolute Gasteiger partial charge is 0.304 e. The summed E-state index contributed by atoms with van der Waals surface area (Å²) in [5, 5.41) is 3.17. The van der Waals surface area contributed by atoms with Crippen LogP contribution in [0.15, 0.2) is 29.3 Å². The molecule has 4 nitrogen and oxygen atoms in total. The van der Waals surface area contributed by atoms with Crippen LogP contribution in [0.5, 0.6) is 0 Å². The lowest BCUT2D eigenvalue weighted by Gasteiger charge is -1.99. The maximum atomic E-state index is 11.3. The van der Waals surface area contributed by atoms with Gasteiger partial charge in [-0.2, -0.15) is 0 Å². The van der Waals surface area contributed by atoms with E-state index in [2.05, 4.69) is 10.3 Å². The van der Waals surface area contributed by atoms with Gasteiger partial charge in [0.1, 0.15) is 0 Å². The molecule has 1 N–H and O–H groups in total. The molecule has 0 bridgehead atoms. The first-order valence-electron chi connectivity index (χ1n) is 5.23. The fourth-order valence-corrected chi connectivity index (χ4v) is 2.24. The third-order valence-corrected chi connectivity index (χ3v) is 3.36. The number of amidine groups is 1. The summed E-state index contributed by atoms with van der Waals surface area (Å²) in [4.78, 5) is 26.8. The van der Waals surface area contributed by atoms with Crippen molar-refractivity contribution < 1.29 is 9.59 Å². The van der Waals surface area contributed by atoms with E-state index in [1.165, 1.54) is 18.7 Å². The minimum atomic E-state index is -0.107. The van der Waals surface area contributed by atoms with Gasteiger partial charge in [-0.1, -0.05) is 23.9 Å². The molecule has 1 aliphatic heterocycles. The van der Waals surface area contributed by atoms with Crippen LogP contribution in [0, 0.1) is 0 Å². The second kappa shape index (κ2) is 4.71. The topological polar surface area (TPSA) is 58.5 Å². The minimum absolute atomic E-state index is 0.00327. The third kappa shape index (κ3) is 2.74. The fraction of sp³-hybridized carbons (Fsp3) is 0.250. The summed E-state index contributed by atoms with van der Waals surface area (Å²) in [6.07, 6.45) is 0. The lowest BCUT2D eigenvalue weighted by Crippen LogP contribution is -2.23. The first kappa shape index (κ1) is 11.9. The van der Waals surface area contributed by atoms with Crippen LogP contribution in [0.25, 0.3) is 0 Å². The molecule has 0 unspecified atom stereocenters. The number of ketones is 1. The van der Waals surface area contributed by atoms with Crippen LogP contribution in [0.2, 0.25) is 0 Å². The Morgan fingerprint density at radius 2 is 2.24 bits per heavy atom. The van der Waals surface area contributed by atoms with Crippen LogP contribution in [-0.2, 0) is 4.79 Å². The SMILES string of the molecule is CC(=O)c1cccc(N=C2NC(=O)[C@H](C)S2)c1. The van der Waals surface area contributed by atoms with E-state index in [0.717, 1.165) is 0 Å². The third-order valence-electron chi connectivity index (χ3n) is 2.37. The quantitative estimate of drug-likeness (QED) is 0.816. The number of carbonyl (C=O) groups is 2. The number of hydrogen-bond donors (Lipinski definition) is 1. The summed E-state index contributed by atoms with van der Waals surface area (Å²) in [5.74, 6) is -0.0278. The van der Waals surface area contributed by atoms with Gasteiger partial charge >= 0.3 is 0 Å². The van der Waals surface area contributed by atoms with Crippen LogP contribution in [0.4, 0.5) is 5.69 Å². The van der Waals surface area contributed by atoms with E-state index in [9.17, 15) is 9.59 Å². The van der Waals surface area contributed by atoms with Gasteiger partial charge in [0, 0.05) is 5.56 Å². The number of hydrogen-bond acceptors (Lipinski definition) is 4. The second-order valence-electron chi connectivity index (χ2n) is 3.77. The fourth-order valence-electron chi connectivity index (χ4n) is 1.42. The Hall–Kier alpha value is -1.62. The van der Waals surface area contributed by atoms with E-state index in [4.69, 9.17) is 0 Å². The smallest absolute Gasteiger partial charge is 0.239 e. The predicted molar refractivity (Wildman–Crippen MR) is 68.7 cm³/mol. The number of aliphatic imine (C=N–C) groups is 1. The molecular formula is C12H12N2O2S. The number of carbonyl (C=O) groups excluding carboxylic acids is 2. The van der Waals surface area contributed by atoms with Gasteiger partial charge in [0.05, 0.1) is 10.9 Å². The standard InChI is InChI=1S/C12H12N2O2S/c1-7(15)9-4-3-5-10(6-9)13-12-14-11(16)8(2)17-12/h3-6,8H,1-2H3,(H,13,14,16)/t8-/m0/s1. The zero-order valence-corrected chi connectivity index (χ0v) is 10.4. The average molecular weight is 248 g/mol. The number of amides is 1. The van der Waals surface area contributed by atoms with Gasteiger partial charge < -0.3 is 5.32 Å². The highest BCUT2D eigenvalue weighted by Crippen LogP contribution is 2.22. The molecule has 1 amide bonds. The van der Waals surface area contributed by atoms with Crippen LogP contribution in [0.3, 0.4) is 0 Å². The predicted octanol–water partition coefficient (Wildman–Crippen LogP) is 2.13. The van der Waals surface area contributed by atoms with Gasteiger partial charge in [0.2, 0.25) is 5.91 Å². The maximum absolute atomic E-state index is 11.3. The van der Waals surface area contributed by atoms with Gasteiger partial charge in [-0.05, 0) is 26.0 Å². The van der Waals surface area contributed by atoms with Gasteiger partial charge in [0.25, 0.3) is 0 Å². The Kier molecular flexibility index (Phi) is 3.28. The van der Waals surface area contributed by atoms with Crippen molar-refractivity contribution in [2.24, 2.45) is 4.99 Å². The number of nitrogens with one attached hydrogen (secondary N) is 1. The van der Waals surface area contributed by atoms with Crippen LogP contribution >= 0.6 is 11.8 Å². The van der Waals surface area contributed by atoms with Crippen molar-refractivity contribution in [2.45, 2.75) is 19.1 Å². The Morgan fingerprint density at radius 1 is 1.47 bits per heavy atom. The van der Waals surface area contributed by atoms with Crippen molar-refractivity contribution in [1.29, 1.82) is 0 Å². The molecule has 88 valence electrons. The maximum Gasteiger partial charge on any atom is 0.239 e. The van der Waals surface area contributed by atoms with Crippen LogP contribution < -0.4 is 5.32 Å². The molecular weight excluding hydrogens is 236 g/mol.